The molecule has 3 heteroatoms. The summed E-state index contributed by atoms with van der Waals surface area (Å²) in [5.41, 5.74) is 3.43. The van der Waals surface area contributed by atoms with E-state index in [2.05, 4.69) is 29.0 Å². The number of benzene rings is 2. The summed E-state index contributed by atoms with van der Waals surface area (Å²) in [6.07, 6.45) is 6.26. The molecule has 0 saturated carbocycles. The molecule has 3 rings (SSSR count). The molecule has 1 heterocycles. The molecular weight excluding hydrogens is 294 g/mol. The highest BCUT2D eigenvalue weighted by molar-refractivity contribution is 6.31. The van der Waals surface area contributed by atoms with Crippen LogP contribution in [0.25, 0.3) is 23.1 Å². The molecule has 2 nitrogen and oxygen atoms in total. The first-order chi connectivity index (χ1) is 10.7. The Morgan fingerprint density at radius 3 is 2.50 bits per heavy atom. The van der Waals surface area contributed by atoms with E-state index in [0.29, 0.717) is 0 Å². The maximum absolute atomic E-state index is 6.15. The number of hydrogen-bond donors (Lipinski definition) is 0. The molecule has 3 aromatic rings. The highest BCUT2D eigenvalue weighted by Gasteiger charge is 2.08. The summed E-state index contributed by atoms with van der Waals surface area (Å²) in [7, 11) is 3.71. The number of halogens is 1. The molecule has 0 N–H and O–H groups in total. The molecule has 0 aliphatic carbocycles. The van der Waals surface area contributed by atoms with Crippen molar-refractivity contribution in [2.75, 3.05) is 7.11 Å². The molecule has 0 bridgehead atoms. The minimum Gasteiger partial charge on any atom is -0.497 e. The van der Waals surface area contributed by atoms with Crippen LogP contribution in [0.1, 0.15) is 11.1 Å². The summed E-state index contributed by atoms with van der Waals surface area (Å²) in [6.45, 7) is 0. The van der Waals surface area contributed by atoms with E-state index in [4.69, 9.17) is 16.3 Å². The van der Waals surface area contributed by atoms with Gasteiger partial charge in [0.25, 0.3) is 0 Å². The zero-order valence-corrected chi connectivity index (χ0v) is 13.3. The van der Waals surface area contributed by atoms with Crippen molar-refractivity contribution in [1.82, 2.24) is 0 Å². The number of fused-ring (bicyclic) bond motifs is 1. The van der Waals surface area contributed by atoms with Gasteiger partial charge in [0.1, 0.15) is 12.8 Å². The molecule has 0 amide bonds. The molecule has 0 radical (unpaired) electrons. The Hall–Kier alpha value is -2.32. The summed E-state index contributed by atoms with van der Waals surface area (Å²) in [6, 6.07) is 16.0. The second-order valence-electron chi connectivity index (χ2n) is 5.15. The zero-order chi connectivity index (χ0) is 15.5. The van der Waals surface area contributed by atoms with Crippen LogP contribution in [0.15, 0.2) is 54.7 Å². The quantitative estimate of drug-likeness (QED) is 0.649. The molecule has 0 atom stereocenters. The maximum atomic E-state index is 6.15. The van der Waals surface area contributed by atoms with Crippen molar-refractivity contribution in [2.45, 2.75) is 0 Å². The van der Waals surface area contributed by atoms with Crippen molar-refractivity contribution in [3.63, 3.8) is 0 Å². The summed E-state index contributed by atoms with van der Waals surface area (Å²) in [4.78, 5) is 0. The van der Waals surface area contributed by atoms with E-state index in [1.807, 2.05) is 49.5 Å². The van der Waals surface area contributed by atoms with Crippen LogP contribution in [0.3, 0.4) is 0 Å². The van der Waals surface area contributed by atoms with E-state index in [9.17, 15) is 0 Å². The van der Waals surface area contributed by atoms with Gasteiger partial charge in [-0.3, -0.25) is 0 Å². The van der Waals surface area contributed by atoms with Crippen LogP contribution in [0.5, 0.6) is 5.75 Å². The lowest BCUT2D eigenvalue weighted by molar-refractivity contribution is -0.644. The Balaban J connectivity index is 2.00. The van der Waals surface area contributed by atoms with Crippen LogP contribution < -0.4 is 9.30 Å². The fourth-order valence-electron chi connectivity index (χ4n) is 2.46. The van der Waals surface area contributed by atoms with E-state index in [1.165, 1.54) is 0 Å². The third kappa shape index (κ3) is 2.97. The molecule has 0 unspecified atom stereocenters. The fourth-order valence-corrected chi connectivity index (χ4v) is 2.63. The van der Waals surface area contributed by atoms with E-state index in [-0.39, 0.29) is 0 Å². The van der Waals surface area contributed by atoms with Crippen LogP contribution in [0.4, 0.5) is 0 Å². The lowest BCUT2D eigenvalue weighted by atomic mass is 10.1. The van der Waals surface area contributed by atoms with Gasteiger partial charge >= 0.3 is 0 Å². The summed E-state index contributed by atoms with van der Waals surface area (Å²) in [5, 5.41) is 1.89. The smallest absolute Gasteiger partial charge is 0.212 e. The average molecular weight is 311 g/mol. The third-order valence-corrected chi connectivity index (χ3v) is 3.93. The number of hydrogen-bond acceptors (Lipinski definition) is 1. The number of aromatic nitrogens is 1. The second kappa shape index (κ2) is 6.20. The van der Waals surface area contributed by atoms with Gasteiger partial charge in [-0.05, 0) is 35.4 Å². The Morgan fingerprint density at radius 2 is 1.77 bits per heavy atom. The van der Waals surface area contributed by atoms with Gasteiger partial charge in [0.15, 0.2) is 6.20 Å². The third-order valence-electron chi connectivity index (χ3n) is 3.70. The van der Waals surface area contributed by atoms with Gasteiger partial charge in [-0.2, -0.15) is 0 Å². The summed E-state index contributed by atoms with van der Waals surface area (Å²) < 4.78 is 7.27. The van der Waals surface area contributed by atoms with Gasteiger partial charge in [-0.15, -0.1) is 0 Å². The van der Waals surface area contributed by atoms with Gasteiger partial charge < -0.3 is 4.74 Å². The molecule has 22 heavy (non-hydrogen) atoms. The standard InChI is InChI=1S/C19H17ClNO/c1-21-12-11-15(18-13-16(20)7-10-19(18)21)6-3-14-4-8-17(22-2)9-5-14/h3-13H,1-2H3/q+1/b6-3+. The monoisotopic (exact) mass is 310 g/mol. The van der Waals surface area contributed by atoms with Crippen molar-refractivity contribution in [3.8, 4) is 5.75 Å². The van der Waals surface area contributed by atoms with Crippen molar-refractivity contribution < 1.29 is 9.30 Å². The number of pyridine rings is 1. The predicted octanol–water partition coefficient (Wildman–Crippen LogP) is 4.50. The summed E-state index contributed by atoms with van der Waals surface area (Å²) in [5.74, 6) is 0.862. The number of nitrogens with zero attached hydrogens (tertiary/aromatic N) is 1. The van der Waals surface area contributed by atoms with Crippen LogP contribution in [-0.2, 0) is 7.05 Å². The Kier molecular flexibility index (Phi) is 4.12. The van der Waals surface area contributed by atoms with Crippen LogP contribution in [-0.4, -0.2) is 7.11 Å². The summed E-state index contributed by atoms with van der Waals surface area (Å²) >= 11 is 6.15. The van der Waals surface area contributed by atoms with Crippen LogP contribution >= 0.6 is 11.6 Å². The topological polar surface area (TPSA) is 13.1 Å². The number of rotatable bonds is 3. The SMILES string of the molecule is COc1ccc(/C=C/c2cc[n+](C)c3ccc(Cl)cc23)cc1. The lowest BCUT2D eigenvalue weighted by Gasteiger charge is -2.02. The highest BCUT2D eigenvalue weighted by atomic mass is 35.5. The molecule has 0 spiro atoms. The molecule has 2 aromatic carbocycles. The van der Waals surface area contributed by atoms with Gasteiger partial charge in [0, 0.05) is 17.2 Å². The Morgan fingerprint density at radius 1 is 1.00 bits per heavy atom. The number of methoxy groups -OCH3 is 1. The van der Waals surface area contributed by atoms with Crippen molar-refractivity contribution in [3.05, 3.63) is 70.9 Å². The molecule has 0 fully saturated rings. The molecule has 0 aliphatic rings. The van der Waals surface area contributed by atoms with Gasteiger partial charge in [0.2, 0.25) is 5.52 Å². The molecular formula is C19H17ClNO+. The molecule has 0 saturated heterocycles. The zero-order valence-electron chi connectivity index (χ0n) is 12.6. The van der Waals surface area contributed by atoms with Gasteiger partial charge in [0.05, 0.1) is 12.5 Å². The van der Waals surface area contributed by atoms with Crippen molar-refractivity contribution >= 4 is 34.7 Å². The van der Waals surface area contributed by atoms with Crippen molar-refractivity contribution in [2.24, 2.45) is 7.05 Å². The predicted molar refractivity (Wildman–Crippen MR) is 92.1 cm³/mol. The fraction of sp³-hybridized carbons (Fsp3) is 0.105. The number of ether oxygens (including phenoxy) is 1. The van der Waals surface area contributed by atoms with Crippen molar-refractivity contribution in [1.29, 1.82) is 0 Å². The molecule has 0 aliphatic heterocycles. The second-order valence-corrected chi connectivity index (χ2v) is 5.59. The first kappa shape index (κ1) is 14.6. The first-order valence-corrected chi connectivity index (χ1v) is 7.45. The largest absolute Gasteiger partial charge is 0.497 e. The van der Waals surface area contributed by atoms with E-state index < -0.39 is 0 Å². The average Bonchev–Trinajstić information content (AvgIpc) is 2.54. The Labute approximate surface area is 135 Å². The van der Waals surface area contributed by atoms with Gasteiger partial charge in [-0.25, -0.2) is 4.57 Å². The number of aryl methyl sites for hydroxylation is 1. The highest BCUT2D eigenvalue weighted by Crippen LogP contribution is 2.22. The van der Waals surface area contributed by atoms with E-state index in [0.717, 1.165) is 32.8 Å². The first-order valence-electron chi connectivity index (χ1n) is 7.07. The molecule has 110 valence electrons. The van der Waals surface area contributed by atoms with E-state index >= 15 is 0 Å². The van der Waals surface area contributed by atoms with Crippen LogP contribution in [0.2, 0.25) is 5.02 Å². The van der Waals surface area contributed by atoms with E-state index in [1.54, 1.807) is 7.11 Å². The maximum Gasteiger partial charge on any atom is 0.212 e. The normalized spacial score (nSPS) is 11.2. The van der Waals surface area contributed by atoms with Crippen LogP contribution in [0, 0.1) is 0 Å². The lowest BCUT2D eigenvalue weighted by Crippen LogP contribution is -2.28. The Bertz CT molecular complexity index is 838. The minimum absolute atomic E-state index is 0.748. The van der Waals surface area contributed by atoms with Gasteiger partial charge in [-0.1, -0.05) is 35.9 Å². The minimum atomic E-state index is 0.748. The molecule has 1 aromatic heterocycles.